The Morgan fingerprint density at radius 3 is 2.43 bits per heavy atom. The molecule has 0 aliphatic carbocycles. The highest BCUT2D eigenvalue weighted by molar-refractivity contribution is 9.10. The number of alkyl halides is 3. The van der Waals surface area contributed by atoms with Crippen LogP contribution >= 0.6 is 27.7 Å². The van der Waals surface area contributed by atoms with Crippen LogP contribution in [-0.4, -0.2) is 34.2 Å². The van der Waals surface area contributed by atoms with Gasteiger partial charge in [-0.3, -0.25) is 19.3 Å². The van der Waals surface area contributed by atoms with Crippen LogP contribution in [0.5, 0.6) is 0 Å². The molecule has 0 fully saturated rings. The lowest BCUT2D eigenvalue weighted by Crippen LogP contribution is -2.45. The lowest BCUT2D eigenvalue weighted by molar-refractivity contribution is -0.119. The number of hydrogen-bond donors (Lipinski definition) is 1. The van der Waals surface area contributed by atoms with Crippen molar-refractivity contribution in [2.45, 2.75) is 23.4 Å². The van der Waals surface area contributed by atoms with E-state index in [4.69, 9.17) is 0 Å². The number of carbonyl (C=O) groups excluding carboxylic acids is 3. The summed E-state index contributed by atoms with van der Waals surface area (Å²) < 4.78 is 38.7. The van der Waals surface area contributed by atoms with Crippen LogP contribution in [0.1, 0.15) is 27.6 Å². The highest BCUT2D eigenvalue weighted by atomic mass is 79.9. The van der Waals surface area contributed by atoms with Gasteiger partial charge in [-0.25, -0.2) is 0 Å². The fourth-order valence-corrected chi connectivity index (χ4v) is 3.71. The summed E-state index contributed by atoms with van der Waals surface area (Å²) in [5.41, 5.74) is -4.25. The highest BCUT2D eigenvalue weighted by Crippen LogP contribution is 2.40. The lowest BCUT2D eigenvalue weighted by atomic mass is 10.1. The number of thioether (sulfide) groups is 1. The fraction of sp³-hybridized carbons (Fsp3) is 0.167. The number of rotatable bonds is 4. The maximum Gasteiger partial charge on any atom is 0.446 e. The summed E-state index contributed by atoms with van der Waals surface area (Å²) in [6.07, 6.45) is 0. The maximum atomic E-state index is 12.7. The molecule has 2 aromatic carbocycles. The number of benzene rings is 2. The third-order valence-corrected chi connectivity index (χ3v) is 5.32. The van der Waals surface area contributed by atoms with Gasteiger partial charge in [0, 0.05) is 9.37 Å². The molecule has 1 aliphatic heterocycles. The average Bonchev–Trinajstić information content (AvgIpc) is 2.85. The van der Waals surface area contributed by atoms with Crippen LogP contribution in [0.3, 0.4) is 0 Å². The van der Waals surface area contributed by atoms with Gasteiger partial charge in [-0.05, 0) is 49.0 Å². The standard InChI is InChI=1S/C18H12BrF3N2O3S/c1-9(24-16(26)11-7-6-10(19)8-12(11)17(24)27)15(25)23-13-4-2-3-5-14(13)28-18(20,21)22/h2-9H,1H3,(H,23,25). The van der Waals surface area contributed by atoms with Gasteiger partial charge in [0.15, 0.2) is 0 Å². The Kier molecular flexibility index (Phi) is 5.53. The summed E-state index contributed by atoms with van der Waals surface area (Å²) in [5, 5.41) is 2.37. The van der Waals surface area contributed by atoms with E-state index in [-0.39, 0.29) is 33.5 Å². The molecule has 1 heterocycles. The van der Waals surface area contributed by atoms with E-state index < -0.39 is 29.3 Å². The summed E-state index contributed by atoms with van der Waals surface area (Å²) in [5.74, 6) is -2.04. The molecule has 1 atom stereocenters. The molecule has 0 saturated heterocycles. The third kappa shape index (κ3) is 4.07. The quantitative estimate of drug-likeness (QED) is 0.517. The van der Waals surface area contributed by atoms with Gasteiger partial charge in [-0.1, -0.05) is 28.1 Å². The molecule has 1 N–H and O–H groups in total. The molecule has 2 aromatic rings. The predicted molar refractivity (Wildman–Crippen MR) is 101 cm³/mol. The van der Waals surface area contributed by atoms with Gasteiger partial charge < -0.3 is 5.32 Å². The van der Waals surface area contributed by atoms with Gasteiger partial charge in [-0.15, -0.1) is 0 Å². The Hall–Kier alpha value is -2.33. The second-order valence-corrected chi connectivity index (χ2v) is 7.90. The zero-order valence-corrected chi connectivity index (χ0v) is 16.6. The van der Waals surface area contributed by atoms with Gasteiger partial charge in [0.1, 0.15) is 6.04 Å². The van der Waals surface area contributed by atoms with E-state index in [1.54, 1.807) is 6.07 Å². The second-order valence-electron chi connectivity index (χ2n) is 5.88. The van der Waals surface area contributed by atoms with E-state index in [1.807, 2.05) is 0 Å². The van der Waals surface area contributed by atoms with Crippen LogP contribution in [0, 0.1) is 0 Å². The molecule has 1 unspecified atom stereocenters. The number of fused-ring (bicyclic) bond motifs is 1. The first kappa shape index (κ1) is 20.4. The molecule has 0 aromatic heterocycles. The molecule has 5 nitrogen and oxygen atoms in total. The van der Waals surface area contributed by atoms with Gasteiger partial charge in [-0.2, -0.15) is 13.2 Å². The minimum atomic E-state index is -4.53. The number of imide groups is 1. The number of carbonyl (C=O) groups is 3. The van der Waals surface area contributed by atoms with Gasteiger partial charge in [0.2, 0.25) is 5.91 Å². The molecule has 0 saturated carbocycles. The zero-order chi connectivity index (χ0) is 20.6. The molecule has 146 valence electrons. The first-order chi connectivity index (χ1) is 13.1. The lowest BCUT2D eigenvalue weighted by Gasteiger charge is -2.22. The topological polar surface area (TPSA) is 66.5 Å². The van der Waals surface area contributed by atoms with Crippen molar-refractivity contribution in [3.05, 3.63) is 58.1 Å². The third-order valence-electron chi connectivity index (χ3n) is 4.02. The smallest absolute Gasteiger partial charge is 0.323 e. The first-order valence-corrected chi connectivity index (χ1v) is 9.52. The van der Waals surface area contributed by atoms with E-state index >= 15 is 0 Å². The number of para-hydroxylation sites is 1. The number of amides is 3. The van der Waals surface area contributed by atoms with Crippen LogP contribution in [0.15, 0.2) is 51.8 Å². The summed E-state index contributed by atoms with van der Waals surface area (Å²) in [6, 6.07) is 8.76. The molecule has 0 spiro atoms. The zero-order valence-electron chi connectivity index (χ0n) is 14.2. The molecule has 10 heteroatoms. The van der Waals surface area contributed by atoms with Crippen molar-refractivity contribution in [2.24, 2.45) is 0 Å². The Morgan fingerprint density at radius 2 is 1.75 bits per heavy atom. The van der Waals surface area contributed by atoms with Gasteiger partial charge in [0.25, 0.3) is 11.8 Å². The summed E-state index contributed by atoms with van der Waals surface area (Å²) >= 11 is 2.86. The van der Waals surface area contributed by atoms with Crippen LogP contribution < -0.4 is 5.32 Å². The Bertz CT molecular complexity index is 981. The van der Waals surface area contributed by atoms with Crippen molar-refractivity contribution < 1.29 is 27.6 Å². The Labute approximate surface area is 170 Å². The number of anilines is 1. The van der Waals surface area contributed by atoms with E-state index in [0.29, 0.717) is 4.47 Å². The largest absolute Gasteiger partial charge is 0.446 e. The number of nitrogens with zero attached hydrogens (tertiary/aromatic N) is 1. The van der Waals surface area contributed by atoms with E-state index in [2.05, 4.69) is 21.2 Å². The molecular formula is C18H12BrF3N2O3S. The summed E-state index contributed by atoms with van der Waals surface area (Å²) in [6.45, 7) is 1.34. The van der Waals surface area contributed by atoms with Crippen LogP contribution in [0.2, 0.25) is 0 Å². The monoisotopic (exact) mass is 472 g/mol. The molecule has 0 radical (unpaired) electrons. The van der Waals surface area contributed by atoms with E-state index in [0.717, 1.165) is 4.90 Å². The van der Waals surface area contributed by atoms with Crippen molar-refractivity contribution in [1.29, 1.82) is 0 Å². The van der Waals surface area contributed by atoms with Crippen molar-refractivity contribution in [2.75, 3.05) is 5.32 Å². The predicted octanol–water partition coefficient (Wildman–Crippen LogP) is 4.68. The molecule has 3 rings (SSSR count). The number of hydrogen-bond acceptors (Lipinski definition) is 4. The minimum absolute atomic E-state index is 0.0546. The second kappa shape index (κ2) is 7.59. The molecule has 0 bridgehead atoms. The Morgan fingerprint density at radius 1 is 1.11 bits per heavy atom. The first-order valence-electron chi connectivity index (χ1n) is 7.91. The molecule has 28 heavy (non-hydrogen) atoms. The molecule has 1 aliphatic rings. The average molecular weight is 473 g/mol. The number of halogens is 4. The van der Waals surface area contributed by atoms with E-state index in [1.165, 1.54) is 43.3 Å². The van der Waals surface area contributed by atoms with Crippen LogP contribution in [-0.2, 0) is 4.79 Å². The van der Waals surface area contributed by atoms with Crippen molar-refractivity contribution in [3.8, 4) is 0 Å². The fourth-order valence-electron chi connectivity index (χ4n) is 2.72. The SMILES string of the molecule is CC(C(=O)Nc1ccccc1SC(F)(F)F)N1C(=O)c2ccc(Br)cc2C1=O. The minimum Gasteiger partial charge on any atom is -0.323 e. The van der Waals surface area contributed by atoms with Crippen molar-refractivity contribution in [1.82, 2.24) is 4.90 Å². The van der Waals surface area contributed by atoms with Gasteiger partial charge in [0.05, 0.1) is 16.8 Å². The molecular weight excluding hydrogens is 461 g/mol. The van der Waals surface area contributed by atoms with Crippen molar-refractivity contribution in [3.63, 3.8) is 0 Å². The number of nitrogens with one attached hydrogen (secondary N) is 1. The van der Waals surface area contributed by atoms with Gasteiger partial charge >= 0.3 is 5.51 Å². The maximum absolute atomic E-state index is 12.7. The highest BCUT2D eigenvalue weighted by Gasteiger charge is 2.41. The Balaban J connectivity index is 1.82. The van der Waals surface area contributed by atoms with Crippen molar-refractivity contribution >= 4 is 51.1 Å². The summed E-state index contributed by atoms with van der Waals surface area (Å²) in [4.78, 5) is 38.3. The van der Waals surface area contributed by atoms with E-state index in [9.17, 15) is 27.6 Å². The molecule has 3 amide bonds. The van der Waals surface area contributed by atoms with Crippen LogP contribution in [0.4, 0.5) is 18.9 Å². The summed E-state index contributed by atoms with van der Waals surface area (Å²) in [7, 11) is 0. The van der Waals surface area contributed by atoms with Crippen LogP contribution in [0.25, 0.3) is 0 Å². The normalized spacial score (nSPS) is 14.8.